The van der Waals surface area contributed by atoms with Gasteiger partial charge in [0.2, 0.25) is 0 Å². The first-order chi connectivity index (χ1) is 8.60. The van der Waals surface area contributed by atoms with E-state index in [2.05, 4.69) is 6.58 Å². The van der Waals surface area contributed by atoms with Gasteiger partial charge >= 0.3 is 5.97 Å². The molecule has 0 fully saturated rings. The molecule has 3 nitrogen and oxygen atoms in total. The Balaban J connectivity index is 2.94. The number of aliphatic carboxylic acids is 1. The first kappa shape index (κ1) is 14.7. The first-order valence-electron chi connectivity index (χ1n) is 5.28. The van der Waals surface area contributed by atoms with Crippen LogP contribution in [0.2, 0.25) is 0 Å². The summed E-state index contributed by atoms with van der Waals surface area (Å²) in [6.45, 7) is 3.73. The van der Waals surface area contributed by atoms with Gasteiger partial charge in [-0.25, -0.2) is 0 Å². The molecule has 18 heavy (non-hydrogen) atoms. The zero-order valence-electron chi connectivity index (χ0n) is 10.0. The maximum absolute atomic E-state index is 11.9. The molecule has 1 N–H and O–H groups in total. The summed E-state index contributed by atoms with van der Waals surface area (Å²) in [5, 5.41) is 12.3. The molecule has 0 atom stereocenters. The van der Waals surface area contributed by atoms with E-state index in [1.165, 1.54) is 23.1 Å². The summed E-state index contributed by atoms with van der Waals surface area (Å²) in [5.41, 5.74) is 1.72. The van der Waals surface area contributed by atoms with Gasteiger partial charge in [0.25, 0.3) is 0 Å². The zero-order chi connectivity index (χ0) is 13.5. The molecular weight excluding hydrogens is 268 g/mol. The first-order valence-corrected chi connectivity index (χ1v) is 7.45. The lowest BCUT2D eigenvalue weighted by molar-refractivity contribution is -0.136. The van der Waals surface area contributed by atoms with Crippen molar-refractivity contribution in [3.05, 3.63) is 40.0 Å². The summed E-state index contributed by atoms with van der Waals surface area (Å²) in [5.74, 6) is -1.08. The molecule has 0 bridgehead atoms. The molecule has 1 rings (SSSR count). The van der Waals surface area contributed by atoms with Gasteiger partial charge in [0.05, 0.1) is 11.3 Å². The number of carbonyl (C=O) groups excluding carboxylic acids is 1. The van der Waals surface area contributed by atoms with Gasteiger partial charge in [-0.1, -0.05) is 12.7 Å². The van der Waals surface area contributed by atoms with E-state index in [1.54, 1.807) is 6.08 Å². The molecule has 0 aliphatic rings. The fourth-order valence-corrected chi connectivity index (χ4v) is 2.80. The zero-order valence-corrected chi connectivity index (χ0v) is 11.6. The van der Waals surface area contributed by atoms with Crippen LogP contribution < -0.4 is 0 Å². The number of thiophene rings is 1. The number of hydrogen-bond donors (Lipinski definition) is 1. The van der Waals surface area contributed by atoms with Crippen molar-refractivity contribution >= 4 is 40.4 Å². The van der Waals surface area contributed by atoms with Gasteiger partial charge < -0.3 is 5.11 Å². The third-order valence-electron chi connectivity index (χ3n) is 2.26. The van der Waals surface area contributed by atoms with E-state index in [-0.39, 0.29) is 18.6 Å². The predicted octanol–water partition coefficient (Wildman–Crippen LogP) is 3.69. The smallest absolute Gasteiger partial charge is 0.303 e. The maximum Gasteiger partial charge on any atom is 0.303 e. The van der Waals surface area contributed by atoms with E-state index in [0.717, 1.165) is 11.1 Å². The van der Waals surface area contributed by atoms with Crippen LogP contribution in [0.4, 0.5) is 0 Å². The van der Waals surface area contributed by atoms with Gasteiger partial charge in [-0.15, -0.1) is 23.1 Å². The number of rotatable bonds is 7. The Labute approximate surface area is 114 Å². The van der Waals surface area contributed by atoms with E-state index in [9.17, 15) is 9.59 Å². The second-order valence-electron chi connectivity index (χ2n) is 3.49. The number of Topliss-reactive ketones (excluding diaryl/α,β-unsaturated/α-hetero) is 1. The standard InChI is InChI=1S/C13H14O3S2/c1-3-9(8-17-2)10-6-7-18-13(10)11(14)4-5-12(15)16/h3,6-8H,1,4-5H2,2H3,(H,15,16)/b9-8+. The molecule has 5 heteroatoms. The van der Waals surface area contributed by atoms with Crippen LogP contribution in [0.3, 0.4) is 0 Å². The average Bonchev–Trinajstić information content (AvgIpc) is 2.81. The summed E-state index contributed by atoms with van der Waals surface area (Å²) in [6.07, 6.45) is 3.53. The Bertz CT molecular complexity index is 486. The van der Waals surface area contributed by atoms with Gasteiger partial charge in [-0.3, -0.25) is 9.59 Å². The largest absolute Gasteiger partial charge is 0.481 e. The van der Waals surface area contributed by atoms with Crippen molar-refractivity contribution in [2.24, 2.45) is 0 Å². The van der Waals surface area contributed by atoms with Crippen molar-refractivity contribution < 1.29 is 14.7 Å². The number of allylic oxidation sites excluding steroid dienone is 2. The Morgan fingerprint density at radius 1 is 1.50 bits per heavy atom. The van der Waals surface area contributed by atoms with Gasteiger partial charge in [-0.05, 0) is 28.7 Å². The Kier molecular flexibility index (Phi) is 5.88. The average molecular weight is 282 g/mol. The molecular formula is C13H14O3S2. The highest BCUT2D eigenvalue weighted by molar-refractivity contribution is 8.01. The number of ketones is 1. The molecule has 1 aromatic rings. The second kappa shape index (κ2) is 7.18. The van der Waals surface area contributed by atoms with Crippen LogP contribution >= 0.6 is 23.1 Å². The minimum Gasteiger partial charge on any atom is -0.481 e. The molecule has 0 unspecified atom stereocenters. The number of carbonyl (C=O) groups is 2. The van der Waals surface area contributed by atoms with Crippen molar-refractivity contribution in [3.8, 4) is 0 Å². The maximum atomic E-state index is 11.9. The molecule has 0 spiro atoms. The van der Waals surface area contributed by atoms with Crippen LogP contribution in [0.15, 0.2) is 29.5 Å². The van der Waals surface area contributed by atoms with E-state index >= 15 is 0 Å². The summed E-state index contributed by atoms with van der Waals surface area (Å²) >= 11 is 2.88. The van der Waals surface area contributed by atoms with E-state index in [1.807, 2.05) is 23.1 Å². The van der Waals surface area contributed by atoms with Gasteiger partial charge in [0, 0.05) is 12.0 Å². The van der Waals surface area contributed by atoms with Crippen LogP contribution in [0.1, 0.15) is 28.1 Å². The van der Waals surface area contributed by atoms with Crippen molar-refractivity contribution in [3.63, 3.8) is 0 Å². The van der Waals surface area contributed by atoms with Gasteiger partial charge in [-0.2, -0.15) is 0 Å². The lowest BCUT2D eigenvalue weighted by atomic mass is 10.0. The highest BCUT2D eigenvalue weighted by atomic mass is 32.2. The summed E-state index contributed by atoms with van der Waals surface area (Å²) in [6, 6.07) is 1.86. The molecule has 0 aliphatic carbocycles. The predicted molar refractivity (Wildman–Crippen MR) is 77.2 cm³/mol. The van der Waals surface area contributed by atoms with Gasteiger partial charge in [0.1, 0.15) is 0 Å². The number of thioether (sulfide) groups is 1. The number of carboxylic acid groups (broad SMARTS) is 1. The lowest BCUT2D eigenvalue weighted by Gasteiger charge is -2.03. The quantitative estimate of drug-likeness (QED) is 0.612. The molecule has 0 aromatic carbocycles. The van der Waals surface area contributed by atoms with Crippen molar-refractivity contribution in [1.82, 2.24) is 0 Å². The fourth-order valence-electron chi connectivity index (χ4n) is 1.44. The molecule has 0 saturated heterocycles. The van der Waals surface area contributed by atoms with E-state index in [4.69, 9.17) is 5.11 Å². The van der Waals surface area contributed by atoms with Crippen molar-refractivity contribution in [2.45, 2.75) is 12.8 Å². The Hall–Kier alpha value is -1.33. The molecule has 96 valence electrons. The van der Waals surface area contributed by atoms with Gasteiger partial charge in [0.15, 0.2) is 5.78 Å². The highest BCUT2D eigenvalue weighted by Gasteiger charge is 2.15. The van der Waals surface area contributed by atoms with Crippen LogP contribution in [-0.2, 0) is 4.79 Å². The third kappa shape index (κ3) is 3.85. The van der Waals surface area contributed by atoms with Crippen molar-refractivity contribution in [2.75, 3.05) is 6.26 Å². The monoisotopic (exact) mass is 282 g/mol. The summed E-state index contributed by atoms with van der Waals surface area (Å²) in [7, 11) is 0. The minimum absolute atomic E-state index is 0.0343. The molecule has 0 aliphatic heterocycles. The number of hydrogen-bond acceptors (Lipinski definition) is 4. The third-order valence-corrected chi connectivity index (χ3v) is 3.71. The minimum atomic E-state index is -0.954. The normalized spacial score (nSPS) is 11.3. The number of carboxylic acids is 1. The summed E-state index contributed by atoms with van der Waals surface area (Å²) < 4.78 is 0. The van der Waals surface area contributed by atoms with Crippen LogP contribution in [0.5, 0.6) is 0 Å². The fraction of sp³-hybridized carbons (Fsp3) is 0.231. The van der Waals surface area contributed by atoms with E-state index < -0.39 is 5.97 Å². The second-order valence-corrected chi connectivity index (χ2v) is 5.12. The van der Waals surface area contributed by atoms with E-state index in [0.29, 0.717) is 4.88 Å². The summed E-state index contributed by atoms with van der Waals surface area (Å²) in [4.78, 5) is 23.0. The molecule has 0 amide bonds. The van der Waals surface area contributed by atoms with Crippen LogP contribution in [-0.4, -0.2) is 23.1 Å². The lowest BCUT2D eigenvalue weighted by Crippen LogP contribution is -2.03. The SMILES string of the molecule is C=C/C(=C\SC)c1ccsc1C(=O)CCC(=O)O. The molecule has 1 heterocycles. The molecule has 0 saturated carbocycles. The molecule has 0 radical (unpaired) electrons. The molecule has 1 aromatic heterocycles. The highest BCUT2D eigenvalue weighted by Crippen LogP contribution is 2.28. The van der Waals surface area contributed by atoms with Crippen LogP contribution in [0, 0.1) is 0 Å². The Morgan fingerprint density at radius 2 is 2.22 bits per heavy atom. The Morgan fingerprint density at radius 3 is 2.78 bits per heavy atom. The van der Waals surface area contributed by atoms with Crippen LogP contribution in [0.25, 0.3) is 5.57 Å². The topological polar surface area (TPSA) is 54.4 Å². The van der Waals surface area contributed by atoms with Crippen molar-refractivity contribution in [1.29, 1.82) is 0 Å².